The van der Waals surface area contributed by atoms with Gasteiger partial charge < -0.3 is 10.1 Å². The van der Waals surface area contributed by atoms with Crippen LogP contribution in [-0.4, -0.2) is 38.5 Å². The van der Waals surface area contributed by atoms with E-state index in [9.17, 15) is 4.79 Å². The fraction of sp³-hybridized carbons (Fsp3) is 0.263. The van der Waals surface area contributed by atoms with Gasteiger partial charge in [0.15, 0.2) is 5.16 Å². The van der Waals surface area contributed by atoms with Crippen LogP contribution in [0.25, 0.3) is 5.69 Å². The molecule has 0 spiro atoms. The van der Waals surface area contributed by atoms with Gasteiger partial charge in [-0.15, -0.1) is 10.2 Å². The zero-order chi connectivity index (χ0) is 19.2. The fourth-order valence-electron chi connectivity index (χ4n) is 2.39. The number of carbonyl (C=O) groups is 1. The molecule has 0 aliphatic rings. The van der Waals surface area contributed by atoms with E-state index in [1.807, 2.05) is 16.7 Å². The number of nitrogens with zero attached hydrogens (tertiary/aromatic N) is 4. The number of benzene rings is 1. The van der Waals surface area contributed by atoms with Gasteiger partial charge in [-0.2, -0.15) is 0 Å². The summed E-state index contributed by atoms with van der Waals surface area (Å²) in [6, 6.07) is 9.80. The van der Waals surface area contributed by atoms with Gasteiger partial charge in [-0.05, 0) is 42.7 Å². The van der Waals surface area contributed by atoms with Crippen LogP contribution in [0, 0.1) is 13.8 Å². The predicted octanol–water partition coefficient (Wildman–Crippen LogP) is 2.70. The maximum Gasteiger partial charge on any atom is 0.230 e. The molecule has 0 saturated carbocycles. The van der Waals surface area contributed by atoms with Crippen LogP contribution in [0.2, 0.25) is 0 Å². The number of nitrogens with one attached hydrogen (secondary N) is 1. The highest BCUT2D eigenvalue weighted by molar-refractivity contribution is 7.99. The van der Waals surface area contributed by atoms with E-state index in [-0.39, 0.29) is 11.7 Å². The molecule has 7 nitrogen and oxygen atoms in total. The summed E-state index contributed by atoms with van der Waals surface area (Å²) in [5, 5.41) is 11.7. The molecule has 1 N–H and O–H groups in total. The SMILES string of the molecule is COc1ccc(CNC(=O)CSc2nncn2-c2ccc(C)c(C)c2)cn1. The van der Waals surface area contributed by atoms with Crippen molar-refractivity contribution >= 4 is 17.7 Å². The van der Waals surface area contributed by atoms with Gasteiger partial charge in [0.05, 0.1) is 12.9 Å². The largest absolute Gasteiger partial charge is 0.481 e. The third-order valence-electron chi connectivity index (χ3n) is 4.11. The Morgan fingerprint density at radius 3 is 2.78 bits per heavy atom. The normalized spacial score (nSPS) is 10.6. The van der Waals surface area contributed by atoms with Crippen LogP contribution in [0.4, 0.5) is 0 Å². The Hall–Kier alpha value is -2.87. The van der Waals surface area contributed by atoms with Crippen LogP contribution in [0.5, 0.6) is 5.88 Å². The maximum atomic E-state index is 12.1. The van der Waals surface area contributed by atoms with E-state index in [0.717, 1.165) is 11.3 Å². The number of thioether (sulfide) groups is 1. The van der Waals surface area contributed by atoms with Crippen molar-refractivity contribution in [2.45, 2.75) is 25.5 Å². The second-order valence-corrected chi connectivity index (χ2v) is 6.97. The monoisotopic (exact) mass is 383 g/mol. The Labute approximate surface area is 162 Å². The first-order chi connectivity index (χ1) is 13.1. The van der Waals surface area contributed by atoms with E-state index in [4.69, 9.17) is 4.74 Å². The molecule has 1 aromatic carbocycles. The highest BCUT2D eigenvalue weighted by Gasteiger charge is 2.11. The zero-order valence-electron chi connectivity index (χ0n) is 15.5. The van der Waals surface area contributed by atoms with Crippen LogP contribution in [-0.2, 0) is 11.3 Å². The van der Waals surface area contributed by atoms with Crippen LogP contribution in [0.3, 0.4) is 0 Å². The summed E-state index contributed by atoms with van der Waals surface area (Å²) in [6.45, 7) is 4.56. The van der Waals surface area contributed by atoms with Gasteiger partial charge in [-0.25, -0.2) is 4.98 Å². The van der Waals surface area contributed by atoms with Gasteiger partial charge in [0.2, 0.25) is 11.8 Å². The number of aromatic nitrogens is 4. The molecule has 1 amide bonds. The zero-order valence-corrected chi connectivity index (χ0v) is 16.3. The average molecular weight is 383 g/mol. The first-order valence-electron chi connectivity index (χ1n) is 8.43. The van der Waals surface area contributed by atoms with Gasteiger partial charge in [0, 0.05) is 24.5 Å². The minimum atomic E-state index is -0.0783. The number of pyridine rings is 1. The third kappa shape index (κ3) is 4.85. The van der Waals surface area contributed by atoms with Crippen molar-refractivity contribution in [2.24, 2.45) is 0 Å². The lowest BCUT2D eigenvalue weighted by molar-refractivity contribution is -0.118. The molecule has 27 heavy (non-hydrogen) atoms. The molecular formula is C19H21N5O2S. The molecule has 140 valence electrons. The molecule has 0 atom stereocenters. The summed E-state index contributed by atoms with van der Waals surface area (Å²) >= 11 is 1.35. The molecule has 0 unspecified atom stereocenters. The van der Waals surface area contributed by atoms with E-state index in [0.29, 0.717) is 17.6 Å². The lowest BCUT2D eigenvalue weighted by Gasteiger charge is -2.09. The summed E-state index contributed by atoms with van der Waals surface area (Å²) in [6.07, 6.45) is 3.34. The number of ether oxygens (including phenoxy) is 1. The number of hydrogen-bond acceptors (Lipinski definition) is 6. The average Bonchev–Trinajstić information content (AvgIpc) is 3.16. The molecule has 0 aliphatic carbocycles. The molecule has 2 heterocycles. The highest BCUT2D eigenvalue weighted by Crippen LogP contribution is 2.21. The van der Waals surface area contributed by atoms with Crippen molar-refractivity contribution in [2.75, 3.05) is 12.9 Å². The summed E-state index contributed by atoms with van der Waals surface area (Å²) in [5.41, 5.74) is 4.32. The number of aryl methyl sites for hydroxylation is 2. The summed E-state index contributed by atoms with van der Waals surface area (Å²) < 4.78 is 6.91. The second kappa shape index (κ2) is 8.68. The second-order valence-electron chi connectivity index (χ2n) is 6.03. The van der Waals surface area contributed by atoms with Gasteiger partial charge in [-0.1, -0.05) is 23.9 Å². The Bertz CT molecular complexity index is 924. The molecule has 3 rings (SSSR count). The van der Waals surface area contributed by atoms with Gasteiger partial charge in [0.1, 0.15) is 6.33 Å². The predicted molar refractivity (Wildman–Crippen MR) is 104 cm³/mol. The molecule has 8 heteroatoms. The van der Waals surface area contributed by atoms with Crippen LogP contribution in [0.15, 0.2) is 48.0 Å². The maximum absolute atomic E-state index is 12.1. The number of hydrogen-bond donors (Lipinski definition) is 1. The number of amides is 1. The van der Waals surface area contributed by atoms with E-state index in [2.05, 4.69) is 46.5 Å². The van der Waals surface area contributed by atoms with Crippen LogP contribution < -0.4 is 10.1 Å². The highest BCUT2D eigenvalue weighted by atomic mass is 32.2. The lowest BCUT2D eigenvalue weighted by Crippen LogP contribution is -2.24. The Kier molecular flexibility index (Phi) is 6.08. The van der Waals surface area contributed by atoms with Gasteiger partial charge in [0.25, 0.3) is 0 Å². The van der Waals surface area contributed by atoms with Crippen LogP contribution in [0.1, 0.15) is 16.7 Å². The molecule has 0 saturated heterocycles. The Balaban J connectivity index is 1.56. The molecule has 2 aromatic heterocycles. The molecule has 0 fully saturated rings. The van der Waals surface area contributed by atoms with Crippen LogP contribution >= 0.6 is 11.8 Å². The summed E-state index contributed by atoms with van der Waals surface area (Å²) in [4.78, 5) is 16.3. The molecular weight excluding hydrogens is 362 g/mol. The topological polar surface area (TPSA) is 81.9 Å². The Morgan fingerprint density at radius 2 is 2.07 bits per heavy atom. The van der Waals surface area contributed by atoms with Gasteiger partial charge in [-0.3, -0.25) is 9.36 Å². The van der Waals surface area contributed by atoms with Crippen molar-refractivity contribution in [1.82, 2.24) is 25.1 Å². The quantitative estimate of drug-likeness (QED) is 0.632. The van der Waals surface area contributed by atoms with Crippen molar-refractivity contribution in [1.29, 1.82) is 0 Å². The summed E-state index contributed by atoms with van der Waals surface area (Å²) in [7, 11) is 1.57. The smallest absolute Gasteiger partial charge is 0.230 e. The van der Waals surface area contributed by atoms with Crippen molar-refractivity contribution < 1.29 is 9.53 Å². The summed E-state index contributed by atoms with van der Waals surface area (Å²) in [5.74, 6) is 0.726. The minimum Gasteiger partial charge on any atom is -0.481 e. The third-order valence-corrected chi connectivity index (χ3v) is 5.06. The number of rotatable bonds is 7. The molecule has 3 aromatic rings. The molecule has 0 bridgehead atoms. The van der Waals surface area contributed by atoms with Crippen molar-refractivity contribution in [3.05, 3.63) is 59.5 Å². The lowest BCUT2D eigenvalue weighted by atomic mass is 10.1. The first kappa shape index (κ1) is 18.9. The molecule has 0 radical (unpaired) electrons. The van der Waals surface area contributed by atoms with E-state index in [1.54, 1.807) is 25.7 Å². The van der Waals surface area contributed by atoms with Gasteiger partial charge >= 0.3 is 0 Å². The Morgan fingerprint density at radius 1 is 1.22 bits per heavy atom. The fourth-order valence-corrected chi connectivity index (χ4v) is 3.15. The number of methoxy groups -OCH3 is 1. The molecule has 0 aliphatic heterocycles. The van der Waals surface area contributed by atoms with E-state index in [1.165, 1.54) is 22.9 Å². The standard InChI is InChI=1S/C19H21N5O2S/c1-13-4-6-16(8-14(13)2)24-12-22-23-19(24)27-11-17(25)20-9-15-5-7-18(26-3)21-10-15/h4-8,10,12H,9,11H2,1-3H3,(H,20,25). The first-order valence-corrected chi connectivity index (χ1v) is 9.41. The van der Waals surface area contributed by atoms with E-state index < -0.39 is 0 Å². The van der Waals surface area contributed by atoms with Crippen molar-refractivity contribution in [3.8, 4) is 11.6 Å². The number of carbonyl (C=O) groups excluding carboxylic acids is 1. The van der Waals surface area contributed by atoms with Crippen molar-refractivity contribution in [3.63, 3.8) is 0 Å². The van der Waals surface area contributed by atoms with E-state index >= 15 is 0 Å². The minimum absolute atomic E-state index is 0.0783.